The third-order valence-corrected chi connectivity index (χ3v) is 6.21. The number of aryl methyl sites for hydroxylation is 1. The summed E-state index contributed by atoms with van der Waals surface area (Å²) >= 11 is 0. The monoisotopic (exact) mass is 438 g/mol. The summed E-state index contributed by atoms with van der Waals surface area (Å²) in [6.07, 6.45) is 4.31. The molecular weight excluding hydrogens is 404 g/mol. The van der Waals surface area contributed by atoms with Crippen LogP contribution in [-0.2, 0) is 17.6 Å². The molecule has 0 aromatic heterocycles. The maximum atomic E-state index is 13.0. The number of amides is 2. The first kappa shape index (κ1) is 23.6. The van der Waals surface area contributed by atoms with E-state index in [1.54, 1.807) is 51.4 Å². The van der Waals surface area contributed by atoms with Crippen LogP contribution in [0.3, 0.4) is 0 Å². The van der Waals surface area contributed by atoms with E-state index in [2.05, 4.69) is 24.3 Å². The van der Waals surface area contributed by atoms with Crippen LogP contribution in [0.25, 0.3) is 0 Å². The van der Waals surface area contributed by atoms with Crippen LogP contribution in [0.4, 0.5) is 0 Å². The highest BCUT2D eigenvalue weighted by molar-refractivity contribution is 5.97. The number of ether oxygens (including phenoxy) is 2. The number of hydrogen-bond donors (Lipinski definition) is 0. The molecule has 32 heavy (non-hydrogen) atoms. The molecule has 2 aromatic rings. The lowest BCUT2D eigenvalue weighted by Crippen LogP contribution is -2.39. The van der Waals surface area contributed by atoms with Crippen molar-refractivity contribution in [3.05, 3.63) is 59.2 Å². The van der Waals surface area contributed by atoms with Gasteiger partial charge in [-0.1, -0.05) is 24.3 Å². The fourth-order valence-corrected chi connectivity index (χ4v) is 4.14. The minimum atomic E-state index is 0.0135. The molecule has 3 rings (SSSR count). The van der Waals surface area contributed by atoms with Crippen LogP contribution in [0.15, 0.2) is 42.5 Å². The van der Waals surface area contributed by atoms with Crippen molar-refractivity contribution in [1.82, 2.24) is 9.80 Å². The SMILES string of the molecule is COc1ccc(C(=O)N2CCC(Cc3ccc(CCC(=O)N(C)C)cc3)CC2)c(OC)c1. The van der Waals surface area contributed by atoms with Crippen molar-refractivity contribution < 1.29 is 19.1 Å². The molecule has 1 aliphatic heterocycles. The summed E-state index contributed by atoms with van der Waals surface area (Å²) in [7, 11) is 6.75. The number of nitrogens with zero attached hydrogens (tertiary/aromatic N) is 2. The highest BCUT2D eigenvalue weighted by Crippen LogP contribution is 2.28. The van der Waals surface area contributed by atoms with E-state index in [1.165, 1.54) is 11.1 Å². The van der Waals surface area contributed by atoms with Crippen LogP contribution in [-0.4, -0.2) is 63.0 Å². The maximum Gasteiger partial charge on any atom is 0.257 e. The lowest BCUT2D eigenvalue weighted by atomic mass is 9.89. The molecule has 6 heteroatoms. The lowest BCUT2D eigenvalue weighted by molar-refractivity contribution is -0.128. The van der Waals surface area contributed by atoms with E-state index in [-0.39, 0.29) is 11.8 Å². The Bertz CT molecular complexity index is 916. The number of rotatable bonds is 8. The van der Waals surface area contributed by atoms with Crippen LogP contribution in [0.5, 0.6) is 11.5 Å². The molecule has 1 fully saturated rings. The second-order valence-electron chi connectivity index (χ2n) is 8.61. The fraction of sp³-hybridized carbons (Fsp3) is 0.462. The van der Waals surface area contributed by atoms with Crippen molar-refractivity contribution in [2.45, 2.75) is 32.1 Å². The highest BCUT2D eigenvalue weighted by Gasteiger charge is 2.25. The van der Waals surface area contributed by atoms with E-state index in [4.69, 9.17) is 9.47 Å². The second kappa shape index (κ2) is 11.0. The van der Waals surface area contributed by atoms with Crippen molar-refractivity contribution in [3.63, 3.8) is 0 Å². The average Bonchev–Trinajstić information content (AvgIpc) is 2.82. The molecule has 1 saturated heterocycles. The van der Waals surface area contributed by atoms with Gasteiger partial charge in [0.1, 0.15) is 11.5 Å². The Hall–Kier alpha value is -3.02. The molecule has 172 valence electrons. The number of hydrogen-bond acceptors (Lipinski definition) is 4. The van der Waals surface area contributed by atoms with Crippen molar-refractivity contribution in [2.75, 3.05) is 41.4 Å². The number of benzene rings is 2. The van der Waals surface area contributed by atoms with E-state index in [1.807, 2.05) is 4.90 Å². The first-order chi connectivity index (χ1) is 15.4. The highest BCUT2D eigenvalue weighted by atomic mass is 16.5. The first-order valence-electron chi connectivity index (χ1n) is 11.2. The van der Waals surface area contributed by atoms with E-state index >= 15 is 0 Å². The van der Waals surface area contributed by atoms with E-state index in [0.717, 1.165) is 38.8 Å². The molecule has 0 unspecified atom stereocenters. The van der Waals surface area contributed by atoms with Gasteiger partial charge in [0.25, 0.3) is 5.91 Å². The molecule has 0 saturated carbocycles. The van der Waals surface area contributed by atoms with Gasteiger partial charge in [-0.3, -0.25) is 9.59 Å². The molecular formula is C26H34N2O4. The predicted molar refractivity (Wildman–Crippen MR) is 125 cm³/mol. The number of likely N-dealkylation sites (tertiary alicyclic amines) is 1. The Labute approximate surface area is 191 Å². The number of carbonyl (C=O) groups is 2. The van der Waals surface area contributed by atoms with Gasteiger partial charge in [0.2, 0.25) is 5.91 Å². The van der Waals surface area contributed by atoms with Crippen LogP contribution in [0, 0.1) is 5.92 Å². The van der Waals surface area contributed by atoms with Crippen molar-refractivity contribution >= 4 is 11.8 Å². The predicted octanol–water partition coefficient (Wildman–Crippen LogP) is 3.82. The zero-order chi connectivity index (χ0) is 23.1. The number of methoxy groups -OCH3 is 2. The van der Waals surface area contributed by atoms with Crippen LogP contribution in [0.1, 0.15) is 40.7 Å². The summed E-state index contributed by atoms with van der Waals surface area (Å²) in [5.74, 6) is 1.96. The van der Waals surface area contributed by atoms with Gasteiger partial charge in [0.15, 0.2) is 0 Å². The lowest BCUT2D eigenvalue weighted by Gasteiger charge is -2.32. The van der Waals surface area contributed by atoms with Crippen LogP contribution in [0.2, 0.25) is 0 Å². The fourth-order valence-electron chi connectivity index (χ4n) is 4.14. The minimum absolute atomic E-state index is 0.0135. The molecule has 6 nitrogen and oxygen atoms in total. The zero-order valence-corrected chi connectivity index (χ0v) is 19.6. The van der Waals surface area contributed by atoms with Crippen molar-refractivity contribution in [3.8, 4) is 11.5 Å². The topological polar surface area (TPSA) is 59.1 Å². The summed E-state index contributed by atoms with van der Waals surface area (Å²) in [4.78, 5) is 28.3. The largest absolute Gasteiger partial charge is 0.497 e. The van der Waals surface area contributed by atoms with E-state index in [9.17, 15) is 9.59 Å². The van der Waals surface area contributed by atoms with Gasteiger partial charge in [0.05, 0.1) is 19.8 Å². The molecule has 1 aliphatic rings. The summed E-state index contributed by atoms with van der Waals surface area (Å²) in [6, 6.07) is 13.9. The normalized spacial score (nSPS) is 14.2. The summed E-state index contributed by atoms with van der Waals surface area (Å²) in [5, 5.41) is 0. The van der Waals surface area contributed by atoms with Gasteiger partial charge in [-0.2, -0.15) is 0 Å². The third-order valence-electron chi connectivity index (χ3n) is 6.21. The Balaban J connectivity index is 1.51. The van der Waals surface area contributed by atoms with Gasteiger partial charge in [-0.05, 0) is 54.9 Å². The van der Waals surface area contributed by atoms with Gasteiger partial charge in [-0.15, -0.1) is 0 Å². The molecule has 0 spiro atoms. The molecule has 2 amide bonds. The zero-order valence-electron chi connectivity index (χ0n) is 19.6. The van der Waals surface area contributed by atoms with Gasteiger partial charge in [-0.25, -0.2) is 0 Å². The van der Waals surface area contributed by atoms with Gasteiger partial charge < -0.3 is 19.3 Å². The third kappa shape index (κ3) is 6.02. The average molecular weight is 439 g/mol. The van der Waals surface area contributed by atoms with Crippen LogP contribution >= 0.6 is 0 Å². The Morgan fingerprint density at radius 3 is 2.22 bits per heavy atom. The Morgan fingerprint density at radius 2 is 1.62 bits per heavy atom. The minimum Gasteiger partial charge on any atom is -0.497 e. The Morgan fingerprint density at radius 1 is 0.969 bits per heavy atom. The standard InChI is InChI=1S/C26H34N2O4/c1-27(2)25(29)12-9-19-5-7-20(8-6-19)17-21-13-15-28(16-14-21)26(30)23-11-10-22(31-3)18-24(23)32-4/h5-8,10-11,18,21H,9,12-17H2,1-4H3. The van der Waals surface area contributed by atoms with Gasteiger partial charge >= 0.3 is 0 Å². The molecule has 0 aliphatic carbocycles. The number of carbonyl (C=O) groups excluding carboxylic acids is 2. The Kier molecular flexibility index (Phi) is 8.14. The smallest absolute Gasteiger partial charge is 0.257 e. The molecule has 0 atom stereocenters. The van der Waals surface area contributed by atoms with Crippen molar-refractivity contribution in [1.29, 1.82) is 0 Å². The summed E-state index contributed by atoms with van der Waals surface area (Å²) in [6.45, 7) is 1.51. The van der Waals surface area contributed by atoms with Gasteiger partial charge in [0, 0.05) is 39.7 Å². The molecule has 1 heterocycles. The molecule has 0 radical (unpaired) electrons. The van der Waals surface area contributed by atoms with E-state index in [0.29, 0.717) is 29.4 Å². The number of piperidine rings is 1. The quantitative estimate of drug-likeness (QED) is 0.629. The molecule has 0 N–H and O–H groups in total. The first-order valence-corrected chi connectivity index (χ1v) is 11.2. The summed E-state index contributed by atoms with van der Waals surface area (Å²) < 4.78 is 10.6. The second-order valence-corrected chi connectivity index (χ2v) is 8.61. The molecule has 0 bridgehead atoms. The summed E-state index contributed by atoms with van der Waals surface area (Å²) in [5.41, 5.74) is 3.09. The van der Waals surface area contributed by atoms with Crippen LogP contribution < -0.4 is 9.47 Å². The maximum absolute atomic E-state index is 13.0. The van der Waals surface area contributed by atoms with Crippen molar-refractivity contribution in [2.24, 2.45) is 5.92 Å². The molecule has 2 aromatic carbocycles. The van der Waals surface area contributed by atoms with E-state index < -0.39 is 0 Å².